The Labute approximate surface area is 92.1 Å². The molecule has 1 aromatic rings. The minimum absolute atomic E-state index is 0.307. The quantitative estimate of drug-likeness (QED) is 0.810. The van der Waals surface area contributed by atoms with Gasteiger partial charge in [-0.1, -0.05) is 0 Å². The molecule has 0 saturated heterocycles. The second-order valence-corrected chi connectivity index (χ2v) is 5.81. The first-order valence-electron chi connectivity index (χ1n) is 3.93. The third-order valence-electron chi connectivity index (χ3n) is 1.95. The number of hydrogen-bond donors (Lipinski definition) is 0. The van der Waals surface area contributed by atoms with Gasteiger partial charge >= 0.3 is 10.2 Å². The maximum Gasteiger partial charge on any atom is 0.309 e. The van der Waals surface area contributed by atoms with Gasteiger partial charge in [0.25, 0.3) is 0 Å². The van der Waals surface area contributed by atoms with Gasteiger partial charge in [-0.25, -0.2) is 8.96 Å². The van der Waals surface area contributed by atoms with Crippen LogP contribution in [-0.4, -0.2) is 35.8 Å². The largest absolute Gasteiger partial charge is 0.309 e. The van der Waals surface area contributed by atoms with Gasteiger partial charge in [-0.15, -0.1) is 0 Å². The minimum Gasteiger partial charge on any atom is -0.226 e. The smallest absolute Gasteiger partial charge is 0.226 e. The van der Waals surface area contributed by atoms with Crippen LogP contribution in [0.15, 0.2) is 4.73 Å². The molecule has 0 amide bonds. The summed E-state index contributed by atoms with van der Waals surface area (Å²) in [6.45, 7) is 3.48. The fourth-order valence-corrected chi connectivity index (χ4v) is 3.10. The third kappa shape index (κ3) is 1.71. The Morgan fingerprint density at radius 1 is 1.36 bits per heavy atom. The van der Waals surface area contributed by atoms with Gasteiger partial charge in [0.15, 0.2) is 4.73 Å². The summed E-state index contributed by atoms with van der Waals surface area (Å²) in [7, 11) is -0.511. The molecule has 1 rings (SSSR count). The van der Waals surface area contributed by atoms with Crippen molar-refractivity contribution >= 4 is 26.1 Å². The second-order valence-electron chi connectivity index (χ2n) is 3.11. The lowest BCUT2D eigenvalue weighted by atomic mass is 10.4. The lowest BCUT2D eigenvalue weighted by Gasteiger charge is -2.14. The van der Waals surface area contributed by atoms with Gasteiger partial charge in [-0.05, 0) is 29.8 Å². The minimum atomic E-state index is -3.48. The van der Waals surface area contributed by atoms with Crippen molar-refractivity contribution in [2.75, 3.05) is 14.1 Å². The fourth-order valence-electron chi connectivity index (χ4n) is 0.982. The van der Waals surface area contributed by atoms with E-state index in [0.29, 0.717) is 16.1 Å². The van der Waals surface area contributed by atoms with Crippen molar-refractivity contribution in [3.05, 3.63) is 16.1 Å². The van der Waals surface area contributed by atoms with Crippen LogP contribution in [0.5, 0.6) is 0 Å². The molecule has 0 radical (unpaired) electrons. The van der Waals surface area contributed by atoms with E-state index >= 15 is 0 Å². The highest BCUT2D eigenvalue weighted by Crippen LogP contribution is 2.19. The Kier molecular flexibility index (Phi) is 3.03. The third-order valence-corrected chi connectivity index (χ3v) is 4.55. The maximum absolute atomic E-state index is 11.8. The fraction of sp³-hybridized carbons (Fsp3) is 0.571. The Balaban J connectivity index is 3.48. The van der Waals surface area contributed by atoms with Crippen molar-refractivity contribution in [1.82, 2.24) is 13.3 Å². The van der Waals surface area contributed by atoms with Crippen LogP contribution in [0.25, 0.3) is 0 Å². The average Bonchev–Trinajstić information content (AvgIpc) is 2.26. The zero-order valence-electron chi connectivity index (χ0n) is 8.44. The monoisotopic (exact) mass is 281 g/mol. The van der Waals surface area contributed by atoms with Crippen LogP contribution in [0, 0.1) is 13.8 Å². The van der Waals surface area contributed by atoms with Gasteiger partial charge in [0, 0.05) is 14.1 Å². The van der Waals surface area contributed by atoms with E-state index in [-0.39, 0.29) is 0 Å². The van der Waals surface area contributed by atoms with Crippen LogP contribution in [0.4, 0.5) is 0 Å². The average molecular weight is 282 g/mol. The van der Waals surface area contributed by atoms with E-state index in [2.05, 4.69) is 20.9 Å². The normalized spacial score (nSPS) is 12.4. The number of halogens is 1. The van der Waals surface area contributed by atoms with Crippen molar-refractivity contribution < 1.29 is 8.42 Å². The summed E-state index contributed by atoms with van der Waals surface area (Å²) in [5.41, 5.74) is 1.31. The number of rotatable bonds is 2. The summed E-state index contributed by atoms with van der Waals surface area (Å²) < 4.78 is 26.2. The second kappa shape index (κ2) is 3.63. The van der Waals surface area contributed by atoms with Crippen molar-refractivity contribution in [1.29, 1.82) is 0 Å². The van der Waals surface area contributed by atoms with Crippen molar-refractivity contribution in [3.8, 4) is 0 Å². The molecule has 0 aliphatic carbocycles. The van der Waals surface area contributed by atoms with E-state index < -0.39 is 10.2 Å². The lowest BCUT2D eigenvalue weighted by molar-refractivity contribution is 0.508. The first-order chi connectivity index (χ1) is 6.28. The SMILES string of the molecule is Cc1nc(Br)n(S(=O)(=O)N(C)C)c1C. The Hall–Kier alpha value is -0.400. The first kappa shape index (κ1) is 11.7. The molecule has 1 heterocycles. The number of imidazole rings is 1. The molecule has 0 N–H and O–H groups in total. The zero-order chi connectivity index (χ0) is 11.1. The van der Waals surface area contributed by atoms with Gasteiger partial charge in [0.1, 0.15) is 0 Å². The van der Waals surface area contributed by atoms with Gasteiger partial charge < -0.3 is 0 Å². The highest BCUT2D eigenvalue weighted by molar-refractivity contribution is 9.10. The van der Waals surface area contributed by atoms with Crippen LogP contribution >= 0.6 is 15.9 Å². The van der Waals surface area contributed by atoms with Crippen LogP contribution in [-0.2, 0) is 10.2 Å². The topological polar surface area (TPSA) is 55.2 Å². The van der Waals surface area contributed by atoms with Crippen molar-refractivity contribution in [2.45, 2.75) is 13.8 Å². The highest BCUT2D eigenvalue weighted by atomic mass is 79.9. The molecule has 0 aliphatic rings. The summed E-state index contributed by atoms with van der Waals surface area (Å²) in [5, 5.41) is 0. The summed E-state index contributed by atoms with van der Waals surface area (Å²) >= 11 is 3.12. The van der Waals surface area contributed by atoms with E-state index in [4.69, 9.17) is 0 Å². The predicted octanol–water partition coefficient (Wildman–Crippen LogP) is 0.917. The zero-order valence-corrected chi connectivity index (χ0v) is 10.8. The molecule has 0 fully saturated rings. The van der Waals surface area contributed by atoms with Crippen molar-refractivity contribution in [3.63, 3.8) is 0 Å². The van der Waals surface area contributed by atoms with Gasteiger partial charge in [-0.2, -0.15) is 12.7 Å². The van der Waals surface area contributed by atoms with E-state index in [0.717, 1.165) is 4.31 Å². The standard InChI is InChI=1S/C7H12BrN3O2S/c1-5-6(2)11(7(8)9-5)14(12,13)10(3)4/h1-4H3. The molecule has 5 nitrogen and oxygen atoms in total. The Bertz CT molecular complexity index is 450. The lowest BCUT2D eigenvalue weighted by Crippen LogP contribution is -2.29. The molecule has 0 aliphatic heterocycles. The van der Waals surface area contributed by atoms with Crippen LogP contribution < -0.4 is 0 Å². The number of hydrogen-bond acceptors (Lipinski definition) is 3. The van der Waals surface area contributed by atoms with Crippen LogP contribution in [0.2, 0.25) is 0 Å². The molecule has 7 heteroatoms. The van der Waals surface area contributed by atoms with E-state index in [1.165, 1.54) is 18.1 Å². The van der Waals surface area contributed by atoms with E-state index in [1.807, 2.05) is 0 Å². The van der Waals surface area contributed by atoms with E-state index in [9.17, 15) is 8.42 Å². The molecule has 0 spiro atoms. The van der Waals surface area contributed by atoms with Crippen LogP contribution in [0.1, 0.15) is 11.4 Å². The maximum atomic E-state index is 11.8. The summed E-state index contributed by atoms with van der Waals surface area (Å²) in [5.74, 6) is 0. The molecule has 0 saturated carbocycles. The molecule has 0 unspecified atom stereocenters. The summed E-state index contributed by atoms with van der Waals surface area (Å²) in [4.78, 5) is 4.03. The Morgan fingerprint density at radius 3 is 2.14 bits per heavy atom. The molecule has 0 atom stereocenters. The van der Waals surface area contributed by atoms with E-state index in [1.54, 1.807) is 13.8 Å². The van der Waals surface area contributed by atoms with Gasteiger partial charge in [-0.3, -0.25) is 0 Å². The molecular weight excluding hydrogens is 270 g/mol. The summed E-state index contributed by atoms with van der Waals surface area (Å²) in [6, 6.07) is 0. The van der Waals surface area contributed by atoms with Crippen LogP contribution in [0.3, 0.4) is 0 Å². The number of nitrogens with zero attached hydrogens (tertiary/aromatic N) is 3. The van der Waals surface area contributed by atoms with Gasteiger partial charge in [0.2, 0.25) is 0 Å². The number of aromatic nitrogens is 2. The molecule has 0 bridgehead atoms. The number of aryl methyl sites for hydroxylation is 1. The summed E-state index contributed by atoms with van der Waals surface area (Å²) in [6.07, 6.45) is 0. The highest BCUT2D eigenvalue weighted by Gasteiger charge is 2.23. The van der Waals surface area contributed by atoms with Crippen molar-refractivity contribution in [2.24, 2.45) is 0 Å². The molecule has 80 valence electrons. The predicted molar refractivity (Wildman–Crippen MR) is 57.4 cm³/mol. The first-order valence-corrected chi connectivity index (χ1v) is 6.12. The molecule has 14 heavy (non-hydrogen) atoms. The molecule has 0 aromatic carbocycles. The molecular formula is C7H12BrN3O2S. The van der Waals surface area contributed by atoms with Gasteiger partial charge in [0.05, 0.1) is 11.4 Å². The Morgan fingerprint density at radius 2 is 1.86 bits per heavy atom. The molecule has 1 aromatic heterocycles.